The molecule has 0 bridgehead atoms. The number of para-hydroxylation sites is 1. The molecule has 35 heavy (non-hydrogen) atoms. The van der Waals surface area contributed by atoms with Crippen molar-refractivity contribution in [1.82, 2.24) is 19.7 Å². The summed E-state index contributed by atoms with van der Waals surface area (Å²) in [5, 5.41) is 2.83. The molecule has 2 aromatic carbocycles. The third-order valence-electron chi connectivity index (χ3n) is 7.14. The smallest absolute Gasteiger partial charge is 0.275 e. The van der Waals surface area contributed by atoms with Gasteiger partial charge in [0.05, 0.1) is 6.54 Å². The first-order valence-electron chi connectivity index (χ1n) is 12.0. The predicted molar refractivity (Wildman–Crippen MR) is 129 cm³/mol. The highest BCUT2D eigenvalue weighted by Crippen LogP contribution is 2.36. The number of aromatic nitrogens is 1. The van der Waals surface area contributed by atoms with Crippen molar-refractivity contribution in [1.29, 1.82) is 0 Å². The van der Waals surface area contributed by atoms with Crippen LogP contribution in [0.2, 0.25) is 0 Å². The number of hydrogen-bond donors (Lipinski definition) is 1. The first-order chi connectivity index (χ1) is 17.1. The molecule has 2 saturated heterocycles. The number of amides is 2. The van der Waals surface area contributed by atoms with Crippen LogP contribution in [-0.4, -0.2) is 51.5 Å². The third-order valence-corrected chi connectivity index (χ3v) is 7.14. The molecule has 0 unspecified atom stereocenters. The van der Waals surface area contributed by atoms with Gasteiger partial charge in [0.2, 0.25) is 11.2 Å². The molecule has 8 nitrogen and oxygen atoms in total. The van der Waals surface area contributed by atoms with Crippen LogP contribution in [0.1, 0.15) is 39.3 Å². The number of carbonyl (C=O) groups is 2. The van der Waals surface area contributed by atoms with Gasteiger partial charge in [-0.3, -0.25) is 19.3 Å². The van der Waals surface area contributed by atoms with E-state index in [-0.39, 0.29) is 29.1 Å². The molecule has 8 heteroatoms. The maximum Gasteiger partial charge on any atom is 0.275 e. The van der Waals surface area contributed by atoms with Crippen molar-refractivity contribution in [2.45, 2.75) is 38.1 Å². The lowest BCUT2D eigenvalue weighted by Gasteiger charge is -2.36. The molecular weight excluding hydrogens is 444 g/mol. The van der Waals surface area contributed by atoms with Crippen molar-refractivity contribution in [3.05, 3.63) is 93.9 Å². The predicted octanol–water partition coefficient (Wildman–Crippen LogP) is 2.83. The Bertz CT molecular complexity index is 1340. The molecular formula is C27H26N4O4. The highest BCUT2D eigenvalue weighted by atomic mass is 16.5. The van der Waals surface area contributed by atoms with Crippen molar-refractivity contribution in [2.75, 3.05) is 13.1 Å². The Morgan fingerprint density at radius 1 is 1.00 bits per heavy atom. The summed E-state index contributed by atoms with van der Waals surface area (Å²) in [5.41, 5.74) is 0.511. The van der Waals surface area contributed by atoms with Gasteiger partial charge in [-0.05, 0) is 30.5 Å². The average Bonchev–Trinajstić information content (AvgIpc) is 3.48. The second-order valence-electron chi connectivity index (χ2n) is 9.26. The zero-order chi connectivity index (χ0) is 23.9. The summed E-state index contributed by atoms with van der Waals surface area (Å²) in [5.74, 6) is -0.382. The van der Waals surface area contributed by atoms with Crippen molar-refractivity contribution in [2.24, 2.45) is 0 Å². The first-order valence-corrected chi connectivity index (χ1v) is 12.0. The van der Waals surface area contributed by atoms with E-state index >= 15 is 0 Å². The molecule has 2 atom stereocenters. The van der Waals surface area contributed by atoms with Gasteiger partial charge in [0.15, 0.2) is 5.69 Å². The minimum atomic E-state index is -0.586. The van der Waals surface area contributed by atoms with E-state index in [9.17, 15) is 14.4 Å². The number of fused-ring (bicyclic) bond motifs is 4. The van der Waals surface area contributed by atoms with Gasteiger partial charge in [0, 0.05) is 31.9 Å². The summed E-state index contributed by atoms with van der Waals surface area (Å²) >= 11 is 0. The molecule has 4 heterocycles. The van der Waals surface area contributed by atoms with Crippen molar-refractivity contribution >= 4 is 11.8 Å². The number of hydrogen-bond acceptors (Lipinski definition) is 5. The standard InChI is InChI=1S/C27H26N4O4/c32-24-21(26(33)28-14-18-8-3-1-4-9-18)16-29-17-22-30-13-7-10-19(30)15-31(22)27(34)23(29)25(24)35-20-11-5-2-6-12-20/h1-6,8-9,11-12,16,19,22H,7,10,13-15,17H2,(H,28,33)/t19-,22+/m1/s1. The fourth-order valence-corrected chi connectivity index (χ4v) is 5.45. The van der Waals surface area contributed by atoms with E-state index in [0.29, 0.717) is 31.4 Å². The highest BCUT2D eigenvalue weighted by Gasteiger charge is 2.48. The van der Waals surface area contributed by atoms with E-state index in [1.807, 2.05) is 41.3 Å². The molecule has 3 aliphatic heterocycles. The molecule has 1 N–H and O–H groups in total. The Morgan fingerprint density at radius 2 is 1.74 bits per heavy atom. The van der Waals surface area contributed by atoms with Crippen LogP contribution in [0.15, 0.2) is 71.7 Å². The van der Waals surface area contributed by atoms with Crippen molar-refractivity contribution < 1.29 is 14.3 Å². The molecule has 1 aromatic heterocycles. The number of ether oxygens (including phenoxy) is 1. The van der Waals surface area contributed by atoms with Gasteiger partial charge >= 0.3 is 0 Å². The van der Waals surface area contributed by atoms with Gasteiger partial charge < -0.3 is 19.5 Å². The van der Waals surface area contributed by atoms with Crippen LogP contribution in [0.3, 0.4) is 0 Å². The highest BCUT2D eigenvalue weighted by molar-refractivity contribution is 5.99. The van der Waals surface area contributed by atoms with E-state index in [0.717, 1.165) is 24.9 Å². The monoisotopic (exact) mass is 470 g/mol. The Morgan fingerprint density at radius 3 is 2.51 bits per heavy atom. The molecule has 6 rings (SSSR count). The normalized spacial score (nSPS) is 20.8. The average molecular weight is 471 g/mol. The fraction of sp³-hybridized carbons (Fsp3) is 0.296. The maximum atomic E-state index is 13.6. The van der Waals surface area contributed by atoms with E-state index in [1.165, 1.54) is 6.20 Å². The minimum absolute atomic E-state index is 0.0344. The van der Waals surface area contributed by atoms with Crippen molar-refractivity contribution in [3.8, 4) is 11.5 Å². The number of pyridine rings is 1. The molecule has 3 aromatic rings. The van der Waals surface area contributed by atoms with Gasteiger partial charge in [-0.2, -0.15) is 0 Å². The molecule has 0 radical (unpaired) electrons. The van der Waals surface area contributed by atoms with Crippen LogP contribution in [0.4, 0.5) is 0 Å². The quantitative estimate of drug-likeness (QED) is 0.620. The number of nitrogens with one attached hydrogen (secondary N) is 1. The molecule has 178 valence electrons. The minimum Gasteiger partial charge on any atom is -0.451 e. The summed E-state index contributed by atoms with van der Waals surface area (Å²) in [7, 11) is 0. The van der Waals surface area contributed by atoms with Gasteiger partial charge in [0.25, 0.3) is 11.8 Å². The lowest BCUT2D eigenvalue weighted by Crippen LogP contribution is -2.50. The van der Waals surface area contributed by atoms with Gasteiger partial charge in [-0.15, -0.1) is 0 Å². The van der Waals surface area contributed by atoms with E-state index in [2.05, 4.69) is 10.2 Å². The Labute approximate surface area is 202 Å². The molecule has 3 aliphatic rings. The van der Waals surface area contributed by atoms with Crippen LogP contribution in [0, 0.1) is 0 Å². The summed E-state index contributed by atoms with van der Waals surface area (Å²) in [4.78, 5) is 44.5. The second kappa shape index (κ2) is 8.70. The summed E-state index contributed by atoms with van der Waals surface area (Å²) in [6.45, 7) is 2.39. The number of benzene rings is 2. The summed E-state index contributed by atoms with van der Waals surface area (Å²) in [6, 6.07) is 18.7. The van der Waals surface area contributed by atoms with Crippen LogP contribution >= 0.6 is 0 Å². The third kappa shape index (κ3) is 3.80. The van der Waals surface area contributed by atoms with Crippen LogP contribution in [-0.2, 0) is 13.1 Å². The van der Waals surface area contributed by atoms with E-state index in [1.54, 1.807) is 28.8 Å². The van der Waals surface area contributed by atoms with E-state index in [4.69, 9.17) is 4.74 Å². The number of rotatable bonds is 5. The van der Waals surface area contributed by atoms with Gasteiger partial charge in [-0.25, -0.2) is 0 Å². The zero-order valence-corrected chi connectivity index (χ0v) is 19.2. The molecule has 0 saturated carbocycles. The Kier molecular flexibility index (Phi) is 5.37. The molecule has 2 fully saturated rings. The largest absolute Gasteiger partial charge is 0.451 e. The molecule has 0 aliphatic carbocycles. The van der Waals surface area contributed by atoms with Gasteiger partial charge in [-0.1, -0.05) is 48.5 Å². The molecule has 0 spiro atoms. The van der Waals surface area contributed by atoms with Crippen LogP contribution in [0.25, 0.3) is 0 Å². The van der Waals surface area contributed by atoms with Crippen LogP contribution < -0.4 is 15.5 Å². The number of nitrogens with zero attached hydrogens (tertiary/aromatic N) is 3. The van der Waals surface area contributed by atoms with Gasteiger partial charge in [0.1, 0.15) is 17.5 Å². The Hall–Kier alpha value is -3.91. The number of carbonyl (C=O) groups excluding carboxylic acids is 2. The topological polar surface area (TPSA) is 83.9 Å². The second-order valence-corrected chi connectivity index (χ2v) is 9.26. The summed E-state index contributed by atoms with van der Waals surface area (Å²) < 4.78 is 7.74. The zero-order valence-electron chi connectivity index (χ0n) is 19.2. The maximum absolute atomic E-state index is 13.6. The summed E-state index contributed by atoms with van der Waals surface area (Å²) in [6.07, 6.45) is 3.63. The SMILES string of the molecule is O=C(NCc1ccccc1)c1cn2c(c(Oc3ccccc3)c1=O)C(=O)N1C[C@H]3CCCN3[C@@H]1C2. The Balaban J connectivity index is 1.40. The van der Waals surface area contributed by atoms with E-state index < -0.39 is 11.3 Å². The van der Waals surface area contributed by atoms with Crippen LogP contribution in [0.5, 0.6) is 11.5 Å². The lowest BCUT2D eigenvalue weighted by atomic mass is 10.1. The van der Waals surface area contributed by atoms with Crippen molar-refractivity contribution in [3.63, 3.8) is 0 Å². The lowest BCUT2D eigenvalue weighted by molar-refractivity contribution is 0.0514. The fourth-order valence-electron chi connectivity index (χ4n) is 5.45. The first kappa shape index (κ1) is 21.6. The molecule has 2 amide bonds.